The van der Waals surface area contributed by atoms with Crippen molar-refractivity contribution in [3.63, 3.8) is 0 Å². The molecule has 0 fully saturated rings. The van der Waals surface area contributed by atoms with Crippen LogP contribution in [0.2, 0.25) is 0 Å². The Morgan fingerprint density at radius 3 is 2.48 bits per heavy atom. The Balaban J connectivity index is 2.86. The van der Waals surface area contributed by atoms with Gasteiger partial charge in [-0.3, -0.25) is 4.79 Å². The van der Waals surface area contributed by atoms with Crippen LogP contribution in [0, 0.1) is 0 Å². The third-order valence-corrected chi connectivity index (χ3v) is 6.19. The van der Waals surface area contributed by atoms with E-state index in [1.165, 1.54) is 0 Å². The predicted octanol–water partition coefficient (Wildman–Crippen LogP) is 3.95. The number of benzene rings is 1. The zero-order valence-corrected chi connectivity index (χ0v) is 14.7. The quantitative estimate of drug-likeness (QED) is 0.760. The summed E-state index contributed by atoms with van der Waals surface area (Å²) in [4.78, 5) is 14.6. The zero-order valence-electron chi connectivity index (χ0n) is 13.1. The van der Waals surface area contributed by atoms with E-state index < -0.39 is 9.45 Å². The molecule has 0 aliphatic carbocycles. The molecule has 2 atom stereocenters. The van der Waals surface area contributed by atoms with E-state index in [2.05, 4.69) is 20.8 Å². The van der Waals surface area contributed by atoms with Crippen LogP contribution in [0.1, 0.15) is 45.6 Å². The van der Waals surface area contributed by atoms with Crippen molar-refractivity contribution in [1.29, 1.82) is 0 Å². The van der Waals surface area contributed by atoms with Crippen LogP contribution in [0.5, 0.6) is 0 Å². The molecule has 0 heterocycles. The van der Waals surface area contributed by atoms with Crippen LogP contribution in [0.15, 0.2) is 30.3 Å². The fraction of sp³-hybridized carbons (Fsp3) is 0.562. The van der Waals surface area contributed by atoms with Gasteiger partial charge in [0.2, 0.25) is 0 Å². The number of amides is 1. The SMILES string of the molecule is CCCCN(C(=O)S(Cc1ccccc1)=S=O)C(C)CC. The van der Waals surface area contributed by atoms with Crippen LogP contribution in [0.25, 0.3) is 0 Å². The molecule has 0 aromatic heterocycles. The van der Waals surface area contributed by atoms with Gasteiger partial charge in [0, 0.05) is 27.8 Å². The van der Waals surface area contributed by atoms with Crippen molar-refractivity contribution in [3.05, 3.63) is 35.9 Å². The van der Waals surface area contributed by atoms with Gasteiger partial charge in [0.15, 0.2) is 0 Å². The first kappa shape index (κ1) is 18.1. The monoisotopic (exact) mass is 327 g/mol. The number of hydrogen-bond acceptors (Lipinski definition) is 2. The maximum atomic E-state index is 12.7. The molecule has 0 aliphatic heterocycles. The topological polar surface area (TPSA) is 37.4 Å². The highest BCUT2D eigenvalue weighted by molar-refractivity contribution is 8.38. The Morgan fingerprint density at radius 1 is 1.29 bits per heavy atom. The van der Waals surface area contributed by atoms with Gasteiger partial charge in [-0.05, 0) is 25.3 Å². The molecule has 5 heteroatoms. The molecule has 0 aliphatic rings. The summed E-state index contributed by atoms with van der Waals surface area (Å²) in [6.07, 6.45) is 2.96. The van der Waals surface area contributed by atoms with E-state index in [1.807, 2.05) is 35.2 Å². The highest BCUT2D eigenvalue weighted by Crippen LogP contribution is 2.13. The molecule has 118 valence electrons. The normalized spacial score (nSPS) is 13.5. The molecule has 3 nitrogen and oxygen atoms in total. The number of carbonyl (C=O) groups excluding carboxylic acids is 1. The Labute approximate surface area is 133 Å². The van der Waals surface area contributed by atoms with Gasteiger partial charge in [-0.1, -0.05) is 50.6 Å². The summed E-state index contributed by atoms with van der Waals surface area (Å²) >= 11 is 0. The third kappa shape index (κ3) is 5.75. The van der Waals surface area contributed by atoms with E-state index in [0.717, 1.165) is 31.4 Å². The van der Waals surface area contributed by atoms with Crippen LogP contribution >= 0.6 is 0 Å². The van der Waals surface area contributed by atoms with E-state index in [-0.39, 0.29) is 11.3 Å². The van der Waals surface area contributed by atoms with Gasteiger partial charge in [-0.25, -0.2) is 4.21 Å². The van der Waals surface area contributed by atoms with Crippen LogP contribution in [-0.2, 0) is 25.4 Å². The zero-order chi connectivity index (χ0) is 15.7. The molecule has 1 aromatic carbocycles. The standard InChI is InChI=1S/C16H25NO2S2/c1-4-6-12-17(14(3)5-2)16(18)21(20-19)13-15-10-8-7-9-11-15/h7-11,14H,4-6,12-13H2,1-3H3. The van der Waals surface area contributed by atoms with Gasteiger partial charge in [-0.15, -0.1) is 0 Å². The van der Waals surface area contributed by atoms with Crippen LogP contribution in [-0.4, -0.2) is 26.9 Å². The average molecular weight is 328 g/mol. The molecule has 1 amide bonds. The van der Waals surface area contributed by atoms with E-state index in [9.17, 15) is 9.00 Å². The molecule has 0 N–H and O–H groups in total. The lowest BCUT2D eigenvalue weighted by atomic mass is 10.2. The van der Waals surface area contributed by atoms with Crippen molar-refractivity contribution in [1.82, 2.24) is 4.90 Å². The summed E-state index contributed by atoms with van der Waals surface area (Å²) in [6.45, 7) is 7.01. The molecule has 21 heavy (non-hydrogen) atoms. The molecular weight excluding hydrogens is 302 g/mol. The van der Waals surface area contributed by atoms with Crippen molar-refractivity contribution in [2.75, 3.05) is 6.54 Å². The fourth-order valence-electron chi connectivity index (χ4n) is 2.01. The Bertz CT molecular complexity index is 498. The lowest BCUT2D eigenvalue weighted by molar-refractivity contribution is 0.200. The van der Waals surface area contributed by atoms with Crippen molar-refractivity contribution >= 4 is 24.9 Å². The van der Waals surface area contributed by atoms with Gasteiger partial charge in [0.1, 0.15) is 10.2 Å². The summed E-state index contributed by atoms with van der Waals surface area (Å²) in [5, 5.41) is 0.0154. The summed E-state index contributed by atoms with van der Waals surface area (Å²) in [7, 11) is -0.386. The van der Waals surface area contributed by atoms with Crippen molar-refractivity contribution in [2.45, 2.75) is 51.8 Å². The van der Waals surface area contributed by atoms with Crippen molar-refractivity contribution < 1.29 is 9.00 Å². The van der Waals surface area contributed by atoms with Gasteiger partial charge in [0.05, 0.1) is 0 Å². The molecule has 0 bridgehead atoms. The number of hydrogen-bond donors (Lipinski definition) is 0. The molecule has 0 saturated heterocycles. The smallest absolute Gasteiger partial charge is 0.288 e. The largest absolute Gasteiger partial charge is 0.331 e. The highest BCUT2D eigenvalue weighted by atomic mass is 32.8. The second kappa shape index (κ2) is 9.90. The first-order chi connectivity index (χ1) is 10.1. The molecule has 2 unspecified atom stereocenters. The first-order valence-electron chi connectivity index (χ1n) is 7.49. The summed E-state index contributed by atoms with van der Waals surface area (Å²) < 4.78 is 11.4. The predicted molar refractivity (Wildman–Crippen MR) is 92.4 cm³/mol. The maximum absolute atomic E-state index is 12.7. The lowest BCUT2D eigenvalue weighted by Gasteiger charge is -2.28. The van der Waals surface area contributed by atoms with Gasteiger partial charge in [0.25, 0.3) is 5.24 Å². The van der Waals surface area contributed by atoms with Gasteiger partial charge in [-0.2, -0.15) is 0 Å². The van der Waals surface area contributed by atoms with E-state index in [1.54, 1.807) is 0 Å². The first-order valence-corrected chi connectivity index (χ1v) is 10.1. The minimum Gasteiger partial charge on any atom is -0.331 e. The average Bonchev–Trinajstić information content (AvgIpc) is 2.53. The number of nitrogens with zero attached hydrogens (tertiary/aromatic N) is 1. The Hall–Kier alpha value is -0.940. The number of carbonyl (C=O) groups is 1. The Kier molecular flexibility index (Phi) is 8.54. The van der Waals surface area contributed by atoms with Crippen molar-refractivity contribution in [2.24, 2.45) is 0 Å². The molecule has 1 rings (SSSR count). The number of rotatable bonds is 7. The highest BCUT2D eigenvalue weighted by Gasteiger charge is 2.22. The van der Waals surface area contributed by atoms with Crippen LogP contribution < -0.4 is 0 Å². The van der Waals surface area contributed by atoms with Crippen molar-refractivity contribution in [3.8, 4) is 0 Å². The summed E-state index contributed by atoms with van der Waals surface area (Å²) in [5.74, 6) is 0.535. The second-order valence-electron chi connectivity index (χ2n) is 5.11. The second-order valence-corrected chi connectivity index (χ2v) is 8.19. The van der Waals surface area contributed by atoms with E-state index in [0.29, 0.717) is 16.0 Å². The lowest BCUT2D eigenvalue weighted by Crippen LogP contribution is -2.40. The van der Waals surface area contributed by atoms with Gasteiger partial charge < -0.3 is 4.90 Å². The van der Waals surface area contributed by atoms with Gasteiger partial charge >= 0.3 is 0 Å². The summed E-state index contributed by atoms with van der Waals surface area (Å²) in [5.41, 5.74) is 1.05. The minimum absolute atomic E-state index is 0.0154. The maximum Gasteiger partial charge on any atom is 0.288 e. The van der Waals surface area contributed by atoms with Crippen LogP contribution in [0.4, 0.5) is 4.79 Å². The third-order valence-electron chi connectivity index (χ3n) is 3.53. The minimum atomic E-state index is -0.835. The van der Waals surface area contributed by atoms with E-state index in [4.69, 9.17) is 0 Å². The molecule has 0 spiro atoms. The van der Waals surface area contributed by atoms with E-state index >= 15 is 0 Å². The molecular formula is C16H25NO2S2. The molecule has 0 radical (unpaired) electrons. The molecule has 0 saturated carbocycles. The number of unbranched alkanes of at least 4 members (excludes halogenated alkanes) is 1. The Morgan fingerprint density at radius 2 is 1.95 bits per heavy atom. The molecule has 1 aromatic rings. The van der Waals surface area contributed by atoms with Crippen LogP contribution in [0.3, 0.4) is 0 Å². The summed E-state index contributed by atoms with van der Waals surface area (Å²) in [6, 6.07) is 9.98. The fourth-order valence-corrected chi connectivity index (χ4v) is 4.28.